The summed E-state index contributed by atoms with van der Waals surface area (Å²) in [6, 6.07) is 26.5. The highest BCUT2D eigenvalue weighted by atomic mass is 16.5. The fourth-order valence-corrected chi connectivity index (χ4v) is 6.90. The van der Waals surface area contributed by atoms with E-state index >= 15 is 0 Å². The predicted octanol–water partition coefficient (Wildman–Crippen LogP) is 7.52. The lowest BCUT2D eigenvalue weighted by atomic mass is 9.71. The normalized spacial score (nSPS) is 18.8. The molecule has 1 saturated heterocycles. The molecular weight excluding hydrogens is 610 g/mol. The Labute approximate surface area is 276 Å². The van der Waals surface area contributed by atoms with Crippen molar-refractivity contribution in [1.82, 2.24) is 0 Å². The Balaban J connectivity index is 1.31. The van der Waals surface area contributed by atoms with Crippen molar-refractivity contribution in [2.75, 3.05) is 26.2 Å². The van der Waals surface area contributed by atoms with Crippen LogP contribution < -0.4 is 29.3 Å². The van der Waals surface area contributed by atoms with Crippen molar-refractivity contribution in [3.63, 3.8) is 0 Å². The molecule has 7 rings (SSSR count). The Bertz CT molecular complexity index is 2130. The minimum absolute atomic E-state index is 0.220. The van der Waals surface area contributed by atoms with E-state index in [-0.39, 0.29) is 34.0 Å². The van der Waals surface area contributed by atoms with Gasteiger partial charge in [0.2, 0.25) is 11.8 Å². The molecule has 1 aliphatic heterocycles. The topological polar surface area (TPSA) is 105 Å². The van der Waals surface area contributed by atoms with Crippen LogP contribution in [0.2, 0.25) is 0 Å². The van der Waals surface area contributed by atoms with Crippen LogP contribution in [-0.2, 0) is 9.59 Å². The van der Waals surface area contributed by atoms with E-state index in [2.05, 4.69) is 0 Å². The first-order chi connectivity index (χ1) is 23.3. The zero-order chi connectivity index (χ0) is 33.5. The summed E-state index contributed by atoms with van der Waals surface area (Å²) >= 11 is 0. The largest absolute Gasteiger partial charge is 0.497 e. The summed E-state index contributed by atoms with van der Waals surface area (Å²) in [5.74, 6) is 0.161. The molecule has 9 nitrogen and oxygen atoms in total. The number of ether oxygens (including phenoxy) is 4. The number of carbonyl (C=O) groups excluding carboxylic acids is 2. The second-order valence-electron chi connectivity index (χ2n) is 11.9. The van der Waals surface area contributed by atoms with Gasteiger partial charge < -0.3 is 23.4 Å². The van der Waals surface area contributed by atoms with Crippen molar-refractivity contribution in [2.24, 2.45) is 11.8 Å². The fraction of sp³-hybridized carbons (Fsp3) is 0.205. The summed E-state index contributed by atoms with van der Waals surface area (Å²) in [5.41, 5.74) is 2.52. The number of benzene rings is 4. The average Bonchev–Trinajstić information content (AvgIpc) is 3.35. The van der Waals surface area contributed by atoms with Crippen molar-refractivity contribution in [3.8, 4) is 40.1 Å². The molecule has 242 valence electrons. The van der Waals surface area contributed by atoms with E-state index in [9.17, 15) is 14.4 Å². The van der Waals surface area contributed by atoms with Crippen molar-refractivity contribution < 1.29 is 33.0 Å². The maximum atomic E-state index is 14.4. The molecule has 0 unspecified atom stereocenters. The van der Waals surface area contributed by atoms with Crippen LogP contribution in [0.4, 0.5) is 5.69 Å². The Morgan fingerprint density at radius 1 is 0.750 bits per heavy atom. The maximum Gasteiger partial charge on any atom is 0.238 e. The number of amides is 2. The molecule has 5 aromatic rings. The van der Waals surface area contributed by atoms with Gasteiger partial charge >= 0.3 is 0 Å². The SMILES string of the molecule is COc1ccc(-c2cc(=O)c3c(OC)c([C@H]4C=C(C)C[C@H]5C(=O)N(c6cccc(Oc7ccccc7)c6)C(=O)[C@@H]45)c(OC)cc3o2)cc1. The van der Waals surface area contributed by atoms with E-state index in [1.54, 1.807) is 61.7 Å². The number of para-hydroxylation sites is 1. The van der Waals surface area contributed by atoms with Gasteiger partial charge in [0.1, 0.15) is 45.5 Å². The summed E-state index contributed by atoms with van der Waals surface area (Å²) in [4.78, 5) is 43.4. The number of fused-ring (bicyclic) bond motifs is 2. The summed E-state index contributed by atoms with van der Waals surface area (Å²) in [6.45, 7) is 1.94. The molecule has 0 saturated carbocycles. The maximum absolute atomic E-state index is 14.4. The molecule has 0 radical (unpaired) electrons. The summed E-state index contributed by atoms with van der Waals surface area (Å²) in [6.07, 6.45) is 2.40. The first-order valence-corrected chi connectivity index (χ1v) is 15.6. The number of allylic oxidation sites excluding steroid dienone is 2. The van der Waals surface area contributed by atoms with Crippen LogP contribution in [0.3, 0.4) is 0 Å². The van der Waals surface area contributed by atoms with E-state index in [0.717, 1.165) is 5.57 Å². The van der Waals surface area contributed by atoms with Gasteiger partial charge in [0.25, 0.3) is 0 Å². The van der Waals surface area contributed by atoms with Gasteiger partial charge in [-0.1, -0.05) is 35.9 Å². The summed E-state index contributed by atoms with van der Waals surface area (Å²) < 4.78 is 29.3. The van der Waals surface area contributed by atoms with Crippen LogP contribution >= 0.6 is 0 Å². The van der Waals surface area contributed by atoms with E-state index in [4.69, 9.17) is 23.4 Å². The third kappa shape index (κ3) is 5.27. The first kappa shape index (κ1) is 30.8. The highest BCUT2D eigenvalue weighted by Crippen LogP contribution is 2.52. The number of nitrogens with zero attached hydrogens (tertiary/aromatic N) is 1. The van der Waals surface area contributed by atoms with Crippen molar-refractivity contribution in [1.29, 1.82) is 0 Å². The van der Waals surface area contributed by atoms with Crippen LogP contribution in [0.25, 0.3) is 22.3 Å². The Morgan fingerprint density at radius 2 is 1.50 bits per heavy atom. The molecule has 2 heterocycles. The van der Waals surface area contributed by atoms with E-state index in [1.807, 2.05) is 43.3 Å². The molecule has 1 aromatic heterocycles. The molecule has 0 N–H and O–H groups in total. The lowest BCUT2D eigenvalue weighted by Crippen LogP contribution is -2.31. The van der Waals surface area contributed by atoms with Gasteiger partial charge in [0, 0.05) is 35.2 Å². The van der Waals surface area contributed by atoms with Crippen molar-refractivity contribution >= 4 is 28.5 Å². The molecule has 3 atom stereocenters. The van der Waals surface area contributed by atoms with E-state index < -0.39 is 17.8 Å². The second-order valence-corrected chi connectivity index (χ2v) is 11.9. The van der Waals surface area contributed by atoms with Crippen LogP contribution in [0.5, 0.6) is 28.7 Å². The molecule has 2 aliphatic rings. The minimum Gasteiger partial charge on any atom is -0.497 e. The van der Waals surface area contributed by atoms with Gasteiger partial charge in [0.05, 0.1) is 38.9 Å². The monoisotopic (exact) mass is 643 g/mol. The Morgan fingerprint density at radius 3 is 2.21 bits per heavy atom. The Kier molecular flexibility index (Phi) is 7.96. The van der Waals surface area contributed by atoms with Crippen LogP contribution in [-0.4, -0.2) is 33.1 Å². The third-order valence-electron chi connectivity index (χ3n) is 9.03. The molecule has 1 aliphatic carbocycles. The quantitative estimate of drug-likeness (QED) is 0.126. The molecule has 2 amide bonds. The zero-order valence-electron chi connectivity index (χ0n) is 26.9. The number of methoxy groups -OCH3 is 3. The summed E-state index contributed by atoms with van der Waals surface area (Å²) in [7, 11) is 4.56. The van der Waals surface area contributed by atoms with Gasteiger partial charge in [-0.05, 0) is 61.9 Å². The smallest absolute Gasteiger partial charge is 0.238 e. The zero-order valence-corrected chi connectivity index (χ0v) is 26.9. The number of rotatable bonds is 8. The van der Waals surface area contributed by atoms with E-state index in [0.29, 0.717) is 52.0 Å². The summed E-state index contributed by atoms with van der Waals surface area (Å²) in [5, 5.41) is 0.220. The fourth-order valence-electron chi connectivity index (χ4n) is 6.90. The molecule has 48 heavy (non-hydrogen) atoms. The molecule has 9 heteroatoms. The number of hydrogen-bond acceptors (Lipinski definition) is 8. The van der Waals surface area contributed by atoms with Crippen molar-refractivity contribution in [3.05, 3.63) is 118 Å². The lowest BCUT2D eigenvalue weighted by Gasteiger charge is -2.31. The highest BCUT2D eigenvalue weighted by molar-refractivity contribution is 6.22. The van der Waals surface area contributed by atoms with Gasteiger partial charge in [0.15, 0.2) is 5.43 Å². The third-order valence-corrected chi connectivity index (χ3v) is 9.03. The van der Waals surface area contributed by atoms with Gasteiger partial charge in [-0.3, -0.25) is 14.4 Å². The number of anilines is 1. The second kappa shape index (κ2) is 12.4. The Hall–Kier alpha value is -5.83. The average molecular weight is 644 g/mol. The molecule has 0 bridgehead atoms. The predicted molar refractivity (Wildman–Crippen MR) is 181 cm³/mol. The molecular formula is C39H33NO8. The van der Waals surface area contributed by atoms with Gasteiger partial charge in [-0.15, -0.1) is 0 Å². The first-order valence-electron chi connectivity index (χ1n) is 15.6. The lowest BCUT2D eigenvalue weighted by molar-refractivity contribution is -0.122. The van der Waals surface area contributed by atoms with Gasteiger partial charge in [-0.2, -0.15) is 0 Å². The molecule has 4 aromatic carbocycles. The number of imide groups is 1. The number of hydrogen-bond donors (Lipinski definition) is 0. The van der Waals surface area contributed by atoms with Crippen LogP contribution in [0.15, 0.2) is 112 Å². The number of carbonyl (C=O) groups is 2. The minimum atomic E-state index is -0.759. The molecule has 0 spiro atoms. The van der Waals surface area contributed by atoms with Crippen LogP contribution in [0, 0.1) is 11.8 Å². The standard InChI is InChI=1S/C39H33NO8/c1-22-17-28(34-29(18-22)38(42)40(39(34)43)24-9-8-12-27(19-24)47-26-10-6-5-7-11-26)35-32(45-3)21-33-36(37(35)46-4)30(41)20-31(48-33)23-13-15-25(44-2)16-14-23/h5-17,19-21,28-29,34H,18H2,1-4H3/t28-,29+,34-/m0/s1. The van der Waals surface area contributed by atoms with Gasteiger partial charge in [-0.25, -0.2) is 4.90 Å². The molecule has 1 fully saturated rings. The van der Waals surface area contributed by atoms with E-state index in [1.165, 1.54) is 25.2 Å². The highest BCUT2D eigenvalue weighted by Gasteiger charge is 2.54. The van der Waals surface area contributed by atoms with Crippen LogP contribution in [0.1, 0.15) is 24.8 Å². The van der Waals surface area contributed by atoms with Crippen molar-refractivity contribution in [2.45, 2.75) is 19.3 Å².